The second-order valence-corrected chi connectivity index (χ2v) is 6.91. The van der Waals surface area contributed by atoms with Gasteiger partial charge in [0.25, 0.3) is 0 Å². The highest BCUT2D eigenvalue weighted by molar-refractivity contribution is 7.98. The van der Waals surface area contributed by atoms with Gasteiger partial charge < -0.3 is 10.0 Å². The van der Waals surface area contributed by atoms with Crippen LogP contribution in [0.1, 0.15) is 6.92 Å². The number of hydrogen-bond donors (Lipinski definition) is 2. The zero-order valence-corrected chi connectivity index (χ0v) is 14.7. The molecule has 0 spiro atoms. The number of thioether (sulfide) groups is 1. The Labute approximate surface area is 145 Å². The first-order valence-electron chi connectivity index (χ1n) is 7.98. The molecule has 1 aromatic carbocycles. The molecule has 0 unspecified atom stereocenters. The summed E-state index contributed by atoms with van der Waals surface area (Å²) in [6.45, 7) is 3.42. The van der Waals surface area contributed by atoms with Gasteiger partial charge in [0.05, 0.1) is 16.8 Å². The zero-order valence-electron chi connectivity index (χ0n) is 13.8. The van der Waals surface area contributed by atoms with Crippen molar-refractivity contribution >= 4 is 23.6 Å². The maximum absolute atomic E-state index is 12.7. The number of carbonyl (C=O) groups is 1. The molecular weight excluding hydrogens is 324 g/mol. The summed E-state index contributed by atoms with van der Waals surface area (Å²) in [5.41, 5.74) is 0.899. The number of amides is 2. The molecule has 0 saturated carbocycles. The van der Waals surface area contributed by atoms with Gasteiger partial charge in [-0.15, -0.1) is 11.8 Å². The Morgan fingerprint density at radius 3 is 2.75 bits per heavy atom. The minimum Gasteiger partial charge on any atom is -0.396 e. The number of aliphatic hydroxyl groups is 1. The lowest BCUT2D eigenvalue weighted by Crippen LogP contribution is -2.34. The van der Waals surface area contributed by atoms with Crippen LogP contribution in [0.3, 0.4) is 0 Å². The van der Waals surface area contributed by atoms with Gasteiger partial charge in [0.2, 0.25) is 0 Å². The third-order valence-corrected chi connectivity index (χ3v) is 5.21. The van der Waals surface area contributed by atoms with Crippen molar-refractivity contribution in [3.8, 4) is 5.69 Å². The highest BCUT2D eigenvalue weighted by atomic mass is 32.2. The van der Waals surface area contributed by atoms with E-state index in [4.69, 9.17) is 0 Å². The fraction of sp³-hybridized carbons (Fsp3) is 0.412. The number of para-hydroxylation sites is 1. The molecule has 2 heterocycles. The highest BCUT2D eigenvalue weighted by Crippen LogP contribution is 2.29. The molecule has 2 amide bonds. The van der Waals surface area contributed by atoms with E-state index < -0.39 is 0 Å². The normalized spacial score (nSPS) is 20.4. The first kappa shape index (κ1) is 16.9. The molecule has 2 atom stereocenters. The van der Waals surface area contributed by atoms with Crippen molar-refractivity contribution in [1.29, 1.82) is 0 Å². The van der Waals surface area contributed by atoms with Crippen molar-refractivity contribution in [2.45, 2.75) is 11.8 Å². The van der Waals surface area contributed by atoms with Gasteiger partial charge in [-0.05, 0) is 24.3 Å². The topological polar surface area (TPSA) is 70.4 Å². The minimum absolute atomic E-state index is 0.114. The molecule has 1 aromatic heterocycles. The monoisotopic (exact) mass is 346 g/mol. The lowest BCUT2D eigenvalue weighted by atomic mass is 10.00. The molecule has 2 aromatic rings. The number of urea groups is 1. The molecule has 1 fully saturated rings. The van der Waals surface area contributed by atoms with Crippen molar-refractivity contribution in [2.24, 2.45) is 11.8 Å². The molecule has 24 heavy (non-hydrogen) atoms. The van der Waals surface area contributed by atoms with Crippen molar-refractivity contribution in [2.75, 3.05) is 31.3 Å². The van der Waals surface area contributed by atoms with Crippen molar-refractivity contribution in [3.63, 3.8) is 0 Å². The first-order valence-corrected chi connectivity index (χ1v) is 9.20. The Morgan fingerprint density at radius 2 is 2.12 bits per heavy atom. The van der Waals surface area contributed by atoms with Gasteiger partial charge >= 0.3 is 6.03 Å². The maximum Gasteiger partial charge on any atom is 0.323 e. The fourth-order valence-corrected chi connectivity index (χ4v) is 3.46. The number of anilines is 1. The SMILES string of the molecule is CSc1cnn(-c2ccccc2)c1NC(=O)N1C[C@@H](CO)[C@H](C)C1. The van der Waals surface area contributed by atoms with Crippen LogP contribution >= 0.6 is 11.8 Å². The first-order chi connectivity index (χ1) is 11.6. The molecule has 0 aliphatic carbocycles. The standard InChI is InChI=1S/C17H22N4O2S/c1-12-9-20(10-13(12)11-22)17(23)19-16-15(24-2)8-18-21(16)14-6-4-3-5-7-14/h3-8,12-13,22H,9-11H2,1-2H3,(H,19,23)/t12-,13+/m1/s1. The summed E-state index contributed by atoms with van der Waals surface area (Å²) in [5.74, 6) is 1.13. The largest absolute Gasteiger partial charge is 0.396 e. The van der Waals surface area contributed by atoms with Gasteiger partial charge in [-0.2, -0.15) is 5.10 Å². The van der Waals surface area contributed by atoms with Gasteiger partial charge in [0.15, 0.2) is 5.82 Å². The molecule has 3 rings (SSSR count). The van der Waals surface area contributed by atoms with E-state index in [0.717, 1.165) is 10.6 Å². The Bertz CT molecular complexity index is 704. The Morgan fingerprint density at radius 1 is 1.38 bits per heavy atom. The number of rotatable bonds is 4. The Kier molecular flexibility index (Phi) is 5.11. The molecule has 7 heteroatoms. The summed E-state index contributed by atoms with van der Waals surface area (Å²) in [7, 11) is 0. The van der Waals surface area contributed by atoms with E-state index in [9.17, 15) is 9.90 Å². The number of aliphatic hydroxyl groups excluding tert-OH is 1. The van der Waals surface area contributed by atoms with Crippen LogP contribution in [0.2, 0.25) is 0 Å². The van der Waals surface area contributed by atoms with Crippen LogP contribution in [0.4, 0.5) is 10.6 Å². The van der Waals surface area contributed by atoms with Gasteiger partial charge in [0.1, 0.15) is 0 Å². The summed E-state index contributed by atoms with van der Waals surface area (Å²) >= 11 is 1.54. The molecule has 1 saturated heterocycles. The number of nitrogens with one attached hydrogen (secondary N) is 1. The lowest BCUT2D eigenvalue weighted by molar-refractivity contribution is 0.202. The van der Waals surface area contributed by atoms with Crippen LogP contribution in [0.15, 0.2) is 41.4 Å². The Balaban J connectivity index is 1.82. The van der Waals surface area contributed by atoms with Crippen LogP contribution in [0, 0.1) is 11.8 Å². The third-order valence-electron chi connectivity index (χ3n) is 4.47. The van der Waals surface area contributed by atoms with Crippen molar-refractivity contribution in [3.05, 3.63) is 36.5 Å². The average Bonchev–Trinajstić information content (AvgIpc) is 3.18. The van der Waals surface area contributed by atoms with Gasteiger partial charge in [0, 0.05) is 25.6 Å². The number of benzene rings is 1. The van der Waals surface area contributed by atoms with E-state index in [1.165, 1.54) is 0 Å². The average molecular weight is 346 g/mol. The number of likely N-dealkylation sites (tertiary alicyclic amines) is 1. The third kappa shape index (κ3) is 3.27. The van der Waals surface area contributed by atoms with E-state index in [1.807, 2.05) is 36.6 Å². The summed E-state index contributed by atoms with van der Waals surface area (Å²) in [6, 6.07) is 9.58. The second kappa shape index (κ2) is 7.27. The van der Waals surface area contributed by atoms with E-state index >= 15 is 0 Å². The summed E-state index contributed by atoms with van der Waals surface area (Å²) in [5, 5.41) is 16.8. The molecule has 1 aliphatic heterocycles. The zero-order chi connectivity index (χ0) is 17.1. The summed E-state index contributed by atoms with van der Waals surface area (Å²) in [6.07, 6.45) is 3.72. The molecule has 0 bridgehead atoms. The Hall–Kier alpha value is -1.99. The molecular formula is C17H22N4O2S. The molecule has 6 nitrogen and oxygen atoms in total. The molecule has 0 radical (unpaired) electrons. The van der Waals surface area contributed by atoms with E-state index in [2.05, 4.69) is 17.3 Å². The number of aromatic nitrogens is 2. The summed E-state index contributed by atoms with van der Waals surface area (Å²) in [4.78, 5) is 15.3. The number of carbonyl (C=O) groups excluding carboxylic acids is 1. The van der Waals surface area contributed by atoms with E-state index in [1.54, 1.807) is 27.5 Å². The van der Waals surface area contributed by atoms with Gasteiger partial charge in [-0.25, -0.2) is 9.48 Å². The van der Waals surface area contributed by atoms with Crippen LogP contribution in [-0.4, -0.2) is 51.8 Å². The predicted molar refractivity (Wildman–Crippen MR) is 95.7 cm³/mol. The molecule has 1 aliphatic rings. The minimum atomic E-state index is -0.147. The maximum atomic E-state index is 12.7. The fourth-order valence-electron chi connectivity index (χ4n) is 2.98. The summed E-state index contributed by atoms with van der Waals surface area (Å²) < 4.78 is 1.74. The van der Waals surface area contributed by atoms with Crippen LogP contribution in [-0.2, 0) is 0 Å². The van der Waals surface area contributed by atoms with Crippen LogP contribution in [0.25, 0.3) is 5.69 Å². The lowest BCUT2D eigenvalue weighted by Gasteiger charge is -2.18. The molecule has 128 valence electrons. The quantitative estimate of drug-likeness (QED) is 0.835. The smallest absolute Gasteiger partial charge is 0.323 e. The van der Waals surface area contributed by atoms with Crippen molar-refractivity contribution in [1.82, 2.24) is 14.7 Å². The van der Waals surface area contributed by atoms with Crippen LogP contribution in [0.5, 0.6) is 0 Å². The van der Waals surface area contributed by atoms with E-state index in [-0.39, 0.29) is 18.6 Å². The van der Waals surface area contributed by atoms with Crippen LogP contribution < -0.4 is 5.32 Å². The van der Waals surface area contributed by atoms with Gasteiger partial charge in [-0.1, -0.05) is 25.1 Å². The number of hydrogen-bond acceptors (Lipinski definition) is 4. The van der Waals surface area contributed by atoms with Gasteiger partial charge in [-0.3, -0.25) is 5.32 Å². The van der Waals surface area contributed by atoms with Crippen molar-refractivity contribution < 1.29 is 9.90 Å². The molecule has 2 N–H and O–H groups in total. The second-order valence-electron chi connectivity index (χ2n) is 6.06. The number of nitrogens with zero attached hydrogens (tertiary/aromatic N) is 3. The van der Waals surface area contributed by atoms with E-state index in [0.29, 0.717) is 24.8 Å². The predicted octanol–water partition coefficient (Wildman–Crippen LogP) is 2.69. The highest BCUT2D eigenvalue weighted by Gasteiger charge is 2.32.